The monoisotopic (exact) mass is 393 g/mol. The van der Waals surface area contributed by atoms with Crippen LogP contribution in [0.3, 0.4) is 0 Å². The Labute approximate surface area is 169 Å². The fraction of sp³-hybridized carbons (Fsp3) is 0.545. The zero-order valence-electron chi connectivity index (χ0n) is 16.3. The van der Waals surface area contributed by atoms with E-state index in [0.29, 0.717) is 24.3 Å². The summed E-state index contributed by atoms with van der Waals surface area (Å²) in [6.45, 7) is 0.544. The minimum Gasteiger partial charge on any atom is -0.331 e. The first-order valence-electron chi connectivity index (χ1n) is 10.4. The van der Waals surface area contributed by atoms with Crippen LogP contribution in [0.4, 0.5) is 4.39 Å². The summed E-state index contributed by atoms with van der Waals surface area (Å²) in [5.74, 6) is 1.92. The van der Waals surface area contributed by atoms with Crippen LogP contribution in [0.15, 0.2) is 30.6 Å². The second-order valence-corrected chi connectivity index (χ2v) is 9.13. The van der Waals surface area contributed by atoms with Crippen molar-refractivity contribution < 1.29 is 9.18 Å². The number of benzene rings is 1. The molecular formula is C22H24FN5O. The zero-order chi connectivity index (χ0) is 20.0. The van der Waals surface area contributed by atoms with Crippen molar-refractivity contribution in [1.29, 1.82) is 5.26 Å². The Morgan fingerprint density at radius 2 is 1.79 bits per heavy atom. The van der Waals surface area contributed by atoms with Crippen molar-refractivity contribution >= 4 is 5.91 Å². The molecule has 0 radical (unpaired) electrons. The maximum atomic E-state index is 13.5. The molecular weight excluding hydrogens is 369 g/mol. The van der Waals surface area contributed by atoms with E-state index < -0.39 is 0 Å². The number of amides is 1. The smallest absolute Gasteiger partial charge is 0.252 e. The number of nitrogens with zero attached hydrogens (tertiary/aromatic N) is 5. The molecule has 4 aliphatic rings. The summed E-state index contributed by atoms with van der Waals surface area (Å²) in [7, 11) is 0. The van der Waals surface area contributed by atoms with Crippen LogP contribution in [0.5, 0.6) is 0 Å². The molecule has 6 nitrogen and oxygen atoms in total. The molecule has 1 amide bonds. The molecule has 4 fully saturated rings. The lowest BCUT2D eigenvalue weighted by molar-refractivity contribution is -0.153. The Kier molecular flexibility index (Phi) is 4.38. The lowest BCUT2D eigenvalue weighted by Gasteiger charge is -2.60. The fourth-order valence-electron chi connectivity index (χ4n) is 6.33. The van der Waals surface area contributed by atoms with Crippen molar-refractivity contribution in [3.63, 3.8) is 0 Å². The summed E-state index contributed by atoms with van der Waals surface area (Å²) in [5, 5.41) is 13.0. The predicted octanol–water partition coefficient (Wildman–Crippen LogP) is 3.29. The van der Waals surface area contributed by atoms with Crippen LogP contribution >= 0.6 is 0 Å². The molecule has 4 saturated carbocycles. The summed E-state index contributed by atoms with van der Waals surface area (Å²) < 4.78 is 14.8. The second-order valence-electron chi connectivity index (χ2n) is 9.13. The second kappa shape index (κ2) is 6.94. The van der Waals surface area contributed by atoms with E-state index >= 15 is 0 Å². The van der Waals surface area contributed by atoms with E-state index in [1.54, 1.807) is 12.1 Å². The van der Waals surface area contributed by atoms with Gasteiger partial charge in [-0.1, -0.05) is 12.1 Å². The molecule has 0 saturated heterocycles. The SMILES string of the molecule is N#Cc1ncn(CC(=O)N(Cc2ccc(F)cc2)C23CC4CC(CC(C4)C2)C3)n1. The zero-order valence-corrected chi connectivity index (χ0v) is 16.3. The van der Waals surface area contributed by atoms with Gasteiger partial charge in [0.1, 0.15) is 24.8 Å². The maximum Gasteiger partial charge on any atom is 0.252 e. The minimum atomic E-state index is -0.270. The molecule has 2 aromatic rings. The van der Waals surface area contributed by atoms with Gasteiger partial charge in [0.25, 0.3) is 5.82 Å². The molecule has 4 aliphatic carbocycles. The highest BCUT2D eigenvalue weighted by Gasteiger charge is 2.54. The highest BCUT2D eigenvalue weighted by Crippen LogP contribution is 2.58. The van der Waals surface area contributed by atoms with Crippen LogP contribution in [-0.2, 0) is 17.9 Å². The van der Waals surface area contributed by atoms with Crippen molar-refractivity contribution in [3.8, 4) is 6.07 Å². The number of hydrogen-bond donors (Lipinski definition) is 0. The number of nitriles is 1. The summed E-state index contributed by atoms with van der Waals surface area (Å²) in [6, 6.07) is 8.33. The van der Waals surface area contributed by atoms with Crippen LogP contribution in [-0.4, -0.2) is 31.1 Å². The molecule has 29 heavy (non-hydrogen) atoms. The average Bonchev–Trinajstić information content (AvgIpc) is 3.13. The summed E-state index contributed by atoms with van der Waals surface area (Å²) in [5.41, 5.74) is 0.825. The van der Waals surface area contributed by atoms with Gasteiger partial charge in [-0.2, -0.15) is 5.26 Å². The molecule has 0 spiro atoms. The van der Waals surface area contributed by atoms with Gasteiger partial charge in [0.2, 0.25) is 5.91 Å². The Balaban J connectivity index is 1.45. The molecule has 6 rings (SSSR count). The maximum absolute atomic E-state index is 13.5. The molecule has 0 N–H and O–H groups in total. The average molecular weight is 393 g/mol. The molecule has 7 heteroatoms. The fourth-order valence-corrected chi connectivity index (χ4v) is 6.33. The van der Waals surface area contributed by atoms with E-state index in [1.165, 1.54) is 42.4 Å². The third kappa shape index (κ3) is 3.41. The van der Waals surface area contributed by atoms with Gasteiger partial charge in [-0.25, -0.2) is 14.1 Å². The van der Waals surface area contributed by atoms with Gasteiger partial charge in [0.05, 0.1) is 0 Å². The van der Waals surface area contributed by atoms with Gasteiger partial charge in [-0.05, 0) is 74.0 Å². The first-order valence-corrected chi connectivity index (χ1v) is 10.4. The van der Waals surface area contributed by atoms with E-state index in [0.717, 1.165) is 24.8 Å². The number of hydrogen-bond acceptors (Lipinski definition) is 4. The van der Waals surface area contributed by atoms with E-state index in [4.69, 9.17) is 5.26 Å². The van der Waals surface area contributed by atoms with Gasteiger partial charge in [-0.3, -0.25) is 4.79 Å². The van der Waals surface area contributed by atoms with Gasteiger partial charge in [0, 0.05) is 12.1 Å². The van der Waals surface area contributed by atoms with Crippen LogP contribution in [0.2, 0.25) is 0 Å². The molecule has 1 heterocycles. The van der Waals surface area contributed by atoms with Gasteiger partial charge in [0.15, 0.2) is 0 Å². The number of carbonyl (C=O) groups is 1. The summed E-state index contributed by atoms with van der Waals surface area (Å²) in [4.78, 5) is 19.4. The van der Waals surface area contributed by atoms with Crippen LogP contribution in [0.25, 0.3) is 0 Å². The largest absolute Gasteiger partial charge is 0.331 e. The van der Waals surface area contributed by atoms with E-state index in [9.17, 15) is 9.18 Å². The third-order valence-electron chi connectivity index (χ3n) is 7.07. The standard InChI is InChI=1S/C22H24FN5O/c23-19-3-1-15(2-4-19)12-28(21(29)13-27-14-25-20(11-24)26-27)22-8-16-5-17(9-22)7-18(6-16)10-22/h1-4,14,16-18H,5-10,12-13H2. The van der Waals surface area contributed by atoms with Gasteiger partial charge in [-0.15, -0.1) is 5.10 Å². The van der Waals surface area contributed by atoms with Gasteiger partial charge < -0.3 is 4.90 Å². The molecule has 1 aromatic heterocycles. The first-order chi connectivity index (χ1) is 14.0. The topological polar surface area (TPSA) is 74.8 Å². The van der Waals surface area contributed by atoms with Crippen molar-refractivity contribution in [2.24, 2.45) is 17.8 Å². The highest BCUT2D eigenvalue weighted by molar-refractivity contribution is 5.77. The molecule has 0 atom stereocenters. The molecule has 4 bridgehead atoms. The summed E-state index contributed by atoms with van der Waals surface area (Å²) >= 11 is 0. The van der Waals surface area contributed by atoms with Crippen molar-refractivity contribution in [1.82, 2.24) is 19.7 Å². The molecule has 0 unspecified atom stereocenters. The Morgan fingerprint density at radius 1 is 1.17 bits per heavy atom. The minimum absolute atomic E-state index is 0.00864. The van der Waals surface area contributed by atoms with Crippen LogP contribution < -0.4 is 0 Å². The highest BCUT2D eigenvalue weighted by atomic mass is 19.1. The van der Waals surface area contributed by atoms with Crippen LogP contribution in [0.1, 0.15) is 49.9 Å². The first kappa shape index (κ1) is 18.3. The molecule has 150 valence electrons. The number of rotatable bonds is 5. The Morgan fingerprint density at radius 3 is 2.34 bits per heavy atom. The number of halogens is 1. The Bertz CT molecular complexity index is 925. The summed E-state index contributed by atoms with van der Waals surface area (Å²) in [6.07, 6.45) is 8.52. The number of aromatic nitrogens is 3. The lowest BCUT2D eigenvalue weighted by Crippen LogP contribution is -2.61. The van der Waals surface area contributed by atoms with Crippen LogP contribution in [0, 0.1) is 34.9 Å². The van der Waals surface area contributed by atoms with E-state index in [-0.39, 0.29) is 29.6 Å². The number of carbonyl (C=O) groups excluding carboxylic acids is 1. The van der Waals surface area contributed by atoms with E-state index in [2.05, 4.69) is 10.1 Å². The van der Waals surface area contributed by atoms with Crippen molar-refractivity contribution in [3.05, 3.63) is 47.8 Å². The van der Waals surface area contributed by atoms with Crippen molar-refractivity contribution in [2.45, 2.75) is 57.2 Å². The third-order valence-corrected chi connectivity index (χ3v) is 7.07. The van der Waals surface area contributed by atoms with Gasteiger partial charge >= 0.3 is 0 Å². The van der Waals surface area contributed by atoms with Crippen molar-refractivity contribution in [2.75, 3.05) is 0 Å². The quantitative estimate of drug-likeness (QED) is 0.781. The lowest BCUT2D eigenvalue weighted by atomic mass is 9.52. The predicted molar refractivity (Wildman–Crippen MR) is 103 cm³/mol. The van der Waals surface area contributed by atoms with E-state index in [1.807, 2.05) is 11.0 Å². The normalized spacial score (nSPS) is 29.6. The Hall–Kier alpha value is -2.75. The molecule has 1 aromatic carbocycles. The molecule has 0 aliphatic heterocycles.